The van der Waals surface area contributed by atoms with Crippen LogP contribution >= 0.6 is 0 Å². The lowest BCUT2D eigenvalue weighted by Crippen LogP contribution is -2.51. The highest BCUT2D eigenvalue weighted by Crippen LogP contribution is 2.28. The Kier molecular flexibility index (Phi) is 3.62. The zero-order valence-electron chi connectivity index (χ0n) is 10.1. The summed E-state index contributed by atoms with van der Waals surface area (Å²) in [5, 5.41) is 3.63. The second kappa shape index (κ2) is 4.98. The van der Waals surface area contributed by atoms with E-state index in [9.17, 15) is 0 Å². The number of hydrogen-bond donors (Lipinski definition) is 2. The SMILES string of the molecule is CC(CN)(Cc1ccccc1)NCC1CC1. The van der Waals surface area contributed by atoms with Crippen molar-refractivity contribution in [1.29, 1.82) is 0 Å². The molecule has 2 rings (SSSR count). The fraction of sp³-hybridized carbons (Fsp3) is 0.571. The van der Waals surface area contributed by atoms with E-state index in [4.69, 9.17) is 5.73 Å². The van der Waals surface area contributed by atoms with E-state index in [1.807, 2.05) is 0 Å². The molecule has 0 saturated heterocycles. The molecule has 1 fully saturated rings. The van der Waals surface area contributed by atoms with Crippen molar-refractivity contribution in [3.63, 3.8) is 0 Å². The van der Waals surface area contributed by atoms with Crippen LogP contribution in [0, 0.1) is 5.92 Å². The third-order valence-corrected chi connectivity index (χ3v) is 3.40. The Morgan fingerprint density at radius 1 is 1.31 bits per heavy atom. The molecule has 1 aromatic rings. The molecule has 16 heavy (non-hydrogen) atoms. The summed E-state index contributed by atoms with van der Waals surface area (Å²) in [6, 6.07) is 10.6. The van der Waals surface area contributed by atoms with Crippen LogP contribution in [-0.2, 0) is 6.42 Å². The molecule has 1 atom stereocenters. The first-order valence-electron chi connectivity index (χ1n) is 6.21. The zero-order valence-corrected chi connectivity index (χ0v) is 10.1. The summed E-state index contributed by atoms with van der Waals surface area (Å²) in [6.07, 6.45) is 3.79. The number of hydrogen-bond acceptors (Lipinski definition) is 2. The molecule has 0 aromatic heterocycles. The third-order valence-electron chi connectivity index (χ3n) is 3.40. The molecule has 3 N–H and O–H groups in total. The Hall–Kier alpha value is -0.860. The summed E-state index contributed by atoms with van der Waals surface area (Å²) >= 11 is 0. The molecule has 1 aliphatic rings. The maximum Gasteiger partial charge on any atom is 0.0316 e. The van der Waals surface area contributed by atoms with Gasteiger partial charge < -0.3 is 11.1 Å². The maximum absolute atomic E-state index is 5.90. The lowest BCUT2D eigenvalue weighted by atomic mass is 9.92. The Balaban J connectivity index is 1.91. The Morgan fingerprint density at radius 2 is 2.00 bits per heavy atom. The number of nitrogens with two attached hydrogens (primary N) is 1. The molecule has 0 bridgehead atoms. The summed E-state index contributed by atoms with van der Waals surface area (Å²) in [6.45, 7) is 4.04. The van der Waals surface area contributed by atoms with E-state index >= 15 is 0 Å². The first-order chi connectivity index (χ1) is 7.72. The Labute approximate surface area is 98.2 Å². The van der Waals surface area contributed by atoms with Gasteiger partial charge in [-0.05, 0) is 44.2 Å². The van der Waals surface area contributed by atoms with Crippen LogP contribution in [0.3, 0.4) is 0 Å². The van der Waals surface area contributed by atoms with Crippen LogP contribution in [0.2, 0.25) is 0 Å². The predicted octanol–water partition coefficient (Wildman–Crippen LogP) is 1.95. The van der Waals surface area contributed by atoms with Gasteiger partial charge in [-0.3, -0.25) is 0 Å². The van der Waals surface area contributed by atoms with E-state index in [0.717, 1.165) is 18.9 Å². The van der Waals surface area contributed by atoms with Crippen molar-refractivity contribution in [2.45, 2.75) is 31.7 Å². The standard InChI is InChI=1S/C14H22N2/c1-14(11-15,16-10-13-7-8-13)9-12-5-3-2-4-6-12/h2-6,13,16H,7-11,15H2,1H3. The highest BCUT2D eigenvalue weighted by atomic mass is 15.0. The summed E-state index contributed by atoms with van der Waals surface area (Å²) in [7, 11) is 0. The van der Waals surface area contributed by atoms with E-state index in [-0.39, 0.29) is 5.54 Å². The molecule has 2 heteroatoms. The molecule has 1 aromatic carbocycles. The minimum absolute atomic E-state index is 0.0456. The Morgan fingerprint density at radius 3 is 2.56 bits per heavy atom. The normalized spacial score (nSPS) is 19.4. The minimum Gasteiger partial charge on any atom is -0.329 e. The Bertz CT molecular complexity index is 319. The molecule has 0 heterocycles. The van der Waals surface area contributed by atoms with Crippen molar-refractivity contribution in [1.82, 2.24) is 5.32 Å². The van der Waals surface area contributed by atoms with E-state index in [0.29, 0.717) is 6.54 Å². The monoisotopic (exact) mass is 218 g/mol. The highest BCUT2D eigenvalue weighted by molar-refractivity contribution is 5.17. The van der Waals surface area contributed by atoms with Gasteiger partial charge >= 0.3 is 0 Å². The quantitative estimate of drug-likeness (QED) is 0.766. The van der Waals surface area contributed by atoms with E-state index in [2.05, 4.69) is 42.6 Å². The molecule has 0 radical (unpaired) electrons. The van der Waals surface area contributed by atoms with Crippen LogP contribution in [-0.4, -0.2) is 18.6 Å². The first-order valence-corrected chi connectivity index (χ1v) is 6.21. The van der Waals surface area contributed by atoms with Crippen LogP contribution in [0.5, 0.6) is 0 Å². The van der Waals surface area contributed by atoms with Crippen molar-refractivity contribution in [2.24, 2.45) is 11.7 Å². The highest BCUT2D eigenvalue weighted by Gasteiger charge is 2.27. The fourth-order valence-electron chi connectivity index (χ4n) is 1.97. The van der Waals surface area contributed by atoms with Gasteiger partial charge in [-0.1, -0.05) is 30.3 Å². The topological polar surface area (TPSA) is 38.0 Å². The predicted molar refractivity (Wildman–Crippen MR) is 68.3 cm³/mol. The van der Waals surface area contributed by atoms with Crippen molar-refractivity contribution in [3.8, 4) is 0 Å². The molecular formula is C14H22N2. The first kappa shape index (κ1) is 11.6. The minimum atomic E-state index is 0.0456. The summed E-state index contributed by atoms with van der Waals surface area (Å²) in [5.41, 5.74) is 7.30. The number of rotatable bonds is 6. The van der Waals surface area contributed by atoms with Gasteiger partial charge in [0.2, 0.25) is 0 Å². The van der Waals surface area contributed by atoms with Crippen LogP contribution in [0.1, 0.15) is 25.3 Å². The maximum atomic E-state index is 5.90. The van der Waals surface area contributed by atoms with Crippen molar-refractivity contribution < 1.29 is 0 Å². The van der Waals surface area contributed by atoms with Gasteiger partial charge in [0.05, 0.1) is 0 Å². The van der Waals surface area contributed by atoms with Gasteiger partial charge in [0.25, 0.3) is 0 Å². The summed E-state index contributed by atoms with van der Waals surface area (Å²) in [4.78, 5) is 0. The lowest BCUT2D eigenvalue weighted by molar-refractivity contribution is 0.355. The van der Waals surface area contributed by atoms with E-state index < -0.39 is 0 Å². The fourth-order valence-corrected chi connectivity index (χ4v) is 1.97. The van der Waals surface area contributed by atoms with Crippen LogP contribution in [0.4, 0.5) is 0 Å². The van der Waals surface area contributed by atoms with Crippen molar-refractivity contribution >= 4 is 0 Å². The lowest BCUT2D eigenvalue weighted by Gasteiger charge is -2.30. The van der Waals surface area contributed by atoms with Crippen LogP contribution in [0.15, 0.2) is 30.3 Å². The van der Waals surface area contributed by atoms with Crippen LogP contribution in [0.25, 0.3) is 0 Å². The average molecular weight is 218 g/mol. The molecule has 0 spiro atoms. The molecular weight excluding hydrogens is 196 g/mol. The third kappa shape index (κ3) is 3.32. The number of nitrogens with one attached hydrogen (secondary N) is 1. The largest absolute Gasteiger partial charge is 0.329 e. The molecule has 0 aliphatic heterocycles. The smallest absolute Gasteiger partial charge is 0.0316 e. The molecule has 1 saturated carbocycles. The van der Waals surface area contributed by atoms with Crippen molar-refractivity contribution in [2.75, 3.05) is 13.1 Å². The van der Waals surface area contributed by atoms with Gasteiger partial charge in [0, 0.05) is 12.1 Å². The molecule has 1 aliphatic carbocycles. The number of benzene rings is 1. The zero-order chi connectivity index (χ0) is 11.4. The summed E-state index contributed by atoms with van der Waals surface area (Å²) < 4.78 is 0. The van der Waals surface area contributed by atoms with Crippen molar-refractivity contribution in [3.05, 3.63) is 35.9 Å². The van der Waals surface area contributed by atoms with E-state index in [1.54, 1.807) is 0 Å². The molecule has 88 valence electrons. The van der Waals surface area contributed by atoms with Gasteiger partial charge in [0.1, 0.15) is 0 Å². The van der Waals surface area contributed by atoms with Crippen LogP contribution < -0.4 is 11.1 Å². The second-order valence-corrected chi connectivity index (χ2v) is 5.25. The van der Waals surface area contributed by atoms with E-state index in [1.165, 1.54) is 18.4 Å². The summed E-state index contributed by atoms with van der Waals surface area (Å²) in [5.74, 6) is 0.904. The second-order valence-electron chi connectivity index (χ2n) is 5.25. The molecule has 2 nitrogen and oxygen atoms in total. The van der Waals surface area contributed by atoms with Gasteiger partial charge in [-0.2, -0.15) is 0 Å². The van der Waals surface area contributed by atoms with Gasteiger partial charge in [-0.15, -0.1) is 0 Å². The molecule has 0 amide bonds. The molecule has 1 unspecified atom stereocenters. The average Bonchev–Trinajstić information content (AvgIpc) is 3.12. The van der Waals surface area contributed by atoms with Gasteiger partial charge in [-0.25, -0.2) is 0 Å². The van der Waals surface area contributed by atoms with Gasteiger partial charge in [0.15, 0.2) is 0 Å².